The maximum Gasteiger partial charge on any atom is 0.154 e. The SMILES string of the molecule is O=S(=O)(CCc1ccc(F)cc1)C1CCNC1. The first-order chi connectivity index (χ1) is 8.08. The molecule has 1 aromatic carbocycles. The van der Waals surface area contributed by atoms with Crippen molar-refractivity contribution < 1.29 is 12.8 Å². The first kappa shape index (κ1) is 12.5. The summed E-state index contributed by atoms with van der Waals surface area (Å²) >= 11 is 0. The lowest BCUT2D eigenvalue weighted by Gasteiger charge is -2.10. The van der Waals surface area contributed by atoms with Crippen molar-refractivity contribution in [3.63, 3.8) is 0 Å². The maximum atomic E-state index is 12.7. The summed E-state index contributed by atoms with van der Waals surface area (Å²) in [7, 11) is -3.02. The molecule has 1 atom stereocenters. The highest BCUT2D eigenvalue weighted by atomic mass is 32.2. The zero-order valence-electron chi connectivity index (χ0n) is 9.52. The van der Waals surface area contributed by atoms with Crippen LogP contribution in [0.25, 0.3) is 0 Å². The molecular weight excluding hydrogens is 241 g/mol. The van der Waals surface area contributed by atoms with E-state index in [1.54, 1.807) is 12.1 Å². The van der Waals surface area contributed by atoms with Gasteiger partial charge in [-0.1, -0.05) is 12.1 Å². The normalized spacial score (nSPS) is 20.6. The number of benzene rings is 1. The Morgan fingerprint density at radius 3 is 2.59 bits per heavy atom. The molecule has 1 aliphatic rings. The molecule has 1 N–H and O–H groups in total. The summed E-state index contributed by atoms with van der Waals surface area (Å²) in [5, 5.41) is 2.81. The van der Waals surface area contributed by atoms with Crippen molar-refractivity contribution in [2.45, 2.75) is 18.1 Å². The van der Waals surface area contributed by atoms with E-state index in [-0.39, 0.29) is 16.8 Å². The summed E-state index contributed by atoms with van der Waals surface area (Å²) < 4.78 is 36.6. The third kappa shape index (κ3) is 3.26. The molecule has 3 nitrogen and oxygen atoms in total. The van der Waals surface area contributed by atoms with Crippen LogP contribution in [0.4, 0.5) is 4.39 Å². The summed E-state index contributed by atoms with van der Waals surface area (Å²) in [5.41, 5.74) is 0.862. The molecule has 0 amide bonds. The average Bonchev–Trinajstić information content (AvgIpc) is 2.82. The van der Waals surface area contributed by atoms with Crippen molar-refractivity contribution >= 4 is 9.84 Å². The molecule has 2 rings (SSSR count). The minimum atomic E-state index is -3.02. The van der Waals surface area contributed by atoms with Gasteiger partial charge in [0.1, 0.15) is 5.82 Å². The lowest BCUT2D eigenvalue weighted by Crippen LogP contribution is -2.27. The van der Waals surface area contributed by atoms with Gasteiger partial charge < -0.3 is 5.32 Å². The lowest BCUT2D eigenvalue weighted by molar-refractivity contribution is 0.582. The number of nitrogens with one attached hydrogen (secondary N) is 1. The van der Waals surface area contributed by atoms with Crippen LogP contribution in [-0.4, -0.2) is 32.5 Å². The van der Waals surface area contributed by atoms with Gasteiger partial charge in [0.2, 0.25) is 0 Å². The Bertz CT molecular complexity index is 464. The highest BCUT2D eigenvalue weighted by Gasteiger charge is 2.27. The van der Waals surface area contributed by atoms with Gasteiger partial charge in [-0.15, -0.1) is 0 Å². The minimum absolute atomic E-state index is 0.144. The van der Waals surface area contributed by atoms with E-state index in [1.807, 2.05) is 0 Å². The number of hydrogen-bond acceptors (Lipinski definition) is 3. The highest BCUT2D eigenvalue weighted by Crippen LogP contribution is 2.13. The van der Waals surface area contributed by atoms with Gasteiger partial charge in [0.15, 0.2) is 9.84 Å². The zero-order valence-corrected chi connectivity index (χ0v) is 10.3. The Balaban J connectivity index is 1.95. The molecule has 1 fully saturated rings. The van der Waals surface area contributed by atoms with Crippen LogP contribution >= 0.6 is 0 Å². The third-order valence-electron chi connectivity index (χ3n) is 3.11. The Kier molecular flexibility index (Phi) is 3.79. The Hall–Kier alpha value is -0.940. The molecule has 17 heavy (non-hydrogen) atoms. The molecule has 1 aliphatic heterocycles. The smallest absolute Gasteiger partial charge is 0.154 e. The molecule has 0 spiro atoms. The van der Waals surface area contributed by atoms with Gasteiger partial charge in [-0.05, 0) is 37.1 Å². The van der Waals surface area contributed by atoms with Crippen LogP contribution in [0.5, 0.6) is 0 Å². The molecule has 0 radical (unpaired) electrons. The maximum absolute atomic E-state index is 12.7. The zero-order chi connectivity index (χ0) is 12.3. The van der Waals surface area contributed by atoms with E-state index in [4.69, 9.17) is 0 Å². The Labute approximate surface area is 101 Å². The largest absolute Gasteiger partial charge is 0.315 e. The number of halogens is 1. The van der Waals surface area contributed by atoms with Crippen molar-refractivity contribution in [3.05, 3.63) is 35.6 Å². The van der Waals surface area contributed by atoms with Crippen molar-refractivity contribution in [3.8, 4) is 0 Å². The topological polar surface area (TPSA) is 46.2 Å². The van der Waals surface area contributed by atoms with Crippen LogP contribution in [0.2, 0.25) is 0 Å². The molecule has 0 saturated carbocycles. The standard InChI is InChI=1S/C12H16FNO2S/c13-11-3-1-10(2-4-11)6-8-17(15,16)12-5-7-14-9-12/h1-4,12,14H,5-9H2. The van der Waals surface area contributed by atoms with E-state index < -0.39 is 9.84 Å². The number of hydrogen-bond donors (Lipinski definition) is 1. The van der Waals surface area contributed by atoms with Crippen LogP contribution in [0, 0.1) is 5.82 Å². The van der Waals surface area contributed by atoms with E-state index in [1.165, 1.54) is 12.1 Å². The van der Waals surface area contributed by atoms with Gasteiger partial charge in [-0.25, -0.2) is 12.8 Å². The summed E-state index contributed by atoms with van der Waals surface area (Å²) in [6.07, 6.45) is 1.16. The van der Waals surface area contributed by atoms with E-state index in [0.29, 0.717) is 19.4 Å². The van der Waals surface area contributed by atoms with Crippen molar-refractivity contribution in [1.82, 2.24) is 5.32 Å². The molecule has 1 heterocycles. The van der Waals surface area contributed by atoms with Gasteiger partial charge >= 0.3 is 0 Å². The molecule has 5 heteroatoms. The summed E-state index contributed by atoms with van der Waals surface area (Å²) in [4.78, 5) is 0. The van der Waals surface area contributed by atoms with Gasteiger partial charge in [0.05, 0.1) is 11.0 Å². The number of aryl methyl sites for hydroxylation is 1. The predicted molar refractivity (Wildman–Crippen MR) is 65.2 cm³/mol. The van der Waals surface area contributed by atoms with Crippen LogP contribution in [0.15, 0.2) is 24.3 Å². The van der Waals surface area contributed by atoms with E-state index in [0.717, 1.165) is 12.1 Å². The van der Waals surface area contributed by atoms with Crippen LogP contribution in [0.1, 0.15) is 12.0 Å². The minimum Gasteiger partial charge on any atom is -0.315 e. The summed E-state index contributed by atoms with van der Waals surface area (Å²) in [6.45, 7) is 1.34. The quantitative estimate of drug-likeness (QED) is 0.880. The summed E-state index contributed by atoms with van der Waals surface area (Å²) in [6, 6.07) is 5.99. The average molecular weight is 257 g/mol. The van der Waals surface area contributed by atoms with E-state index in [2.05, 4.69) is 5.32 Å². The molecule has 0 bridgehead atoms. The van der Waals surface area contributed by atoms with Gasteiger partial charge in [-0.2, -0.15) is 0 Å². The van der Waals surface area contributed by atoms with Crippen molar-refractivity contribution in [1.29, 1.82) is 0 Å². The van der Waals surface area contributed by atoms with Gasteiger partial charge in [-0.3, -0.25) is 0 Å². The van der Waals surface area contributed by atoms with E-state index >= 15 is 0 Å². The molecule has 0 aliphatic carbocycles. The third-order valence-corrected chi connectivity index (χ3v) is 5.30. The predicted octanol–water partition coefficient (Wildman–Crippen LogP) is 1.14. The first-order valence-electron chi connectivity index (χ1n) is 5.75. The molecule has 94 valence electrons. The molecule has 1 unspecified atom stereocenters. The fourth-order valence-corrected chi connectivity index (χ4v) is 3.71. The molecule has 1 aromatic rings. The fraction of sp³-hybridized carbons (Fsp3) is 0.500. The Morgan fingerprint density at radius 1 is 1.29 bits per heavy atom. The van der Waals surface area contributed by atoms with Crippen molar-refractivity contribution in [2.75, 3.05) is 18.8 Å². The Morgan fingerprint density at radius 2 is 2.00 bits per heavy atom. The van der Waals surface area contributed by atoms with Gasteiger partial charge in [0.25, 0.3) is 0 Å². The molecule has 1 saturated heterocycles. The second kappa shape index (κ2) is 5.14. The second-order valence-corrected chi connectivity index (χ2v) is 6.76. The second-order valence-electron chi connectivity index (χ2n) is 4.36. The monoisotopic (exact) mass is 257 g/mol. The molecule has 0 aromatic heterocycles. The van der Waals surface area contributed by atoms with Crippen molar-refractivity contribution in [2.24, 2.45) is 0 Å². The highest BCUT2D eigenvalue weighted by molar-refractivity contribution is 7.92. The number of sulfone groups is 1. The first-order valence-corrected chi connectivity index (χ1v) is 7.46. The number of rotatable bonds is 4. The molecular formula is C12H16FNO2S. The van der Waals surface area contributed by atoms with Crippen LogP contribution in [-0.2, 0) is 16.3 Å². The lowest BCUT2D eigenvalue weighted by atomic mass is 10.2. The van der Waals surface area contributed by atoms with E-state index in [9.17, 15) is 12.8 Å². The van der Waals surface area contributed by atoms with Gasteiger partial charge in [0, 0.05) is 6.54 Å². The van der Waals surface area contributed by atoms with Crippen LogP contribution < -0.4 is 5.32 Å². The summed E-state index contributed by atoms with van der Waals surface area (Å²) in [5.74, 6) is -0.151. The van der Waals surface area contributed by atoms with Crippen LogP contribution in [0.3, 0.4) is 0 Å². The fourth-order valence-electron chi connectivity index (χ4n) is 2.01.